The van der Waals surface area contributed by atoms with E-state index in [1.54, 1.807) is 23.3 Å². The van der Waals surface area contributed by atoms with Crippen LogP contribution in [0.2, 0.25) is 0 Å². The molecule has 6 nitrogen and oxygen atoms in total. The molecule has 2 fully saturated rings. The van der Waals surface area contributed by atoms with Crippen LogP contribution in [0.1, 0.15) is 36.0 Å². The van der Waals surface area contributed by atoms with Crippen LogP contribution in [0.5, 0.6) is 0 Å². The molecule has 2 N–H and O–H groups in total. The lowest BCUT2D eigenvalue weighted by Crippen LogP contribution is -2.46. The van der Waals surface area contributed by atoms with E-state index in [4.69, 9.17) is 0 Å². The maximum absolute atomic E-state index is 12.2. The van der Waals surface area contributed by atoms with Gasteiger partial charge in [-0.2, -0.15) is 0 Å². The Bertz CT molecular complexity index is 555. The average Bonchev–Trinajstić information content (AvgIpc) is 3.14. The van der Waals surface area contributed by atoms with Crippen molar-refractivity contribution >= 4 is 23.3 Å². The molecular weight excluding hydrogens is 288 g/mol. The molecular formula is C14H20N4O2S. The smallest absolute Gasteiger partial charge is 0.316 e. The van der Waals surface area contributed by atoms with E-state index in [0.29, 0.717) is 18.9 Å². The van der Waals surface area contributed by atoms with E-state index in [1.807, 2.05) is 12.3 Å². The molecule has 1 saturated carbocycles. The Labute approximate surface area is 127 Å². The van der Waals surface area contributed by atoms with E-state index < -0.39 is 6.04 Å². The highest BCUT2D eigenvalue weighted by molar-refractivity contribution is 7.09. The van der Waals surface area contributed by atoms with Gasteiger partial charge in [0, 0.05) is 24.7 Å². The second-order valence-electron chi connectivity index (χ2n) is 5.86. The van der Waals surface area contributed by atoms with Gasteiger partial charge in [0.25, 0.3) is 0 Å². The van der Waals surface area contributed by atoms with Crippen LogP contribution in [-0.2, 0) is 4.79 Å². The standard InChI is InChI=1S/C14H20N4O2S/c1-8-7-21-12(15-8)11(9-3-4-9)17-14(20)16-10-5-6-18(2)13(10)19/h7,9-11H,3-6H2,1-2H3,(H2,16,17,20)/t10-,11+/m1/s1. The molecule has 1 aromatic heterocycles. The number of thiazole rings is 1. The number of rotatable bonds is 4. The van der Waals surface area contributed by atoms with Crippen molar-refractivity contribution in [1.29, 1.82) is 0 Å². The maximum Gasteiger partial charge on any atom is 0.316 e. The highest BCUT2D eigenvalue weighted by Crippen LogP contribution is 2.41. The summed E-state index contributed by atoms with van der Waals surface area (Å²) >= 11 is 1.58. The fraction of sp³-hybridized carbons (Fsp3) is 0.643. The number of likely N-dealkylation sites (N-methyl/N-ethyl adjacent to an activating group) is 1. The summed E-state index contributed by atoms with van der Waals surface area (Å²) in [5.74, 6) is 0.460. The molecule has 3 rings (SSSR count). The summed E-state index contributed by atoms with van der Waals surface area (Å²) in [7, 11) is 1.76. The second kappa shape index (κ2) is 5.63. The zero-order valence-corrected chi connectivity index (χ0v) is 13.1. The van der Waals surface area contributed by atoms with Gasteiger partial charge < -0.3 is 15.5 Å². The minimum Gasteiger partial charge on any atom is -0.344 e. The third-order valence-electron chi connectivity index (χ3n) is 4.02. The largest absolute Gasteiger partial charge is 0.344 e. The predicted octanol–water partition coefficient (Wildman–Crippen LogP) is 1.43. The predicted molar refractivity (Wildman–Crippen MR) is 80.0 cm³/mol. The third-order valence-corrected chi connectivity index (χ3v) is 5.06. The quantitative estimate of drug-likeness (QED) is 0.883. The fourth-order valence-electron chi connectivity index (χ4n) is 2.62. The first-order valence-corrected chi connectivity index (χ1v) is 8.16. The van der Waals surface area contributed by atoms with Crippen molar-refractivity contribution < 1.29 is 9.59 Å². The molecule has 7 heteroatoms. The molecule has 21 heavy (non-hydrogen) atoms. The number of aromatic nitrogens is 1. The lowest BCUT2D eigenvalue weighted by molar-refractivity contribution is -0.128. The lowest BCUT2D eigenvalue weighted by atomic mass is 10.2. The first kappa shape index (κ1) is 14.3. The Kier molecular flexibility index (Phi) is 3.84. The van der Waals surface area contributed by atoms with Crippen LogP contribution in [-0.4, -0.2) is 41.5 Å². The Morgan fingerprint density at radius 2 is 2.24 bits per heavy atom. The molecule has 1 aromatic rings. The Hall–Kier alpha value is -1.63. The van der Waals surface area contributed by atoms with Crippen LogP contribution in [0.25, 0.3) is 0 Å². The van der Waals surface area contributed by atoms with Gasteiger partial charge in [-0.3, -0.25) is 4.79 Å². The summed E-state index contributed by atoms with van der Waals surface area (Å²) in [6, 6.07) is -0.695. The monoisotopic (exact) mass is 308 g/mol. The summed E-state index contributed by atoms with van der Waals surface area (Å²) in [6.07, 6.45) is 2.91. The normalized spacial score (nSPS) is 23.2. The minimum atomic E-state index is -0.395. The van der Waals surface area contributed by atoms with E-state index in [-0.39, 0.29) is 18.0 Å². The average molecular weight is 308 g/mol. The molecule has 1 aliphatic carbocycles. The Balaban J connectivity index is 1.61. The number of hydrogen-bond donors (Lipinski definition) is 2. The van der Waals surface area contributed by atoms with Crippen LogP contribution < -0.4 is 10.6 Å². The third kappa shape index (κ3) is 3.18. The van der Waals surface area contributed by atoms with Crippen molar-refractivity contribution in [3.8, 4) is 0 Å². The number of carbonyl (C=O) groups excluding carboxylic acids is 2. The number of amides is 3. The second-order valence-corrected chi connectivity index (χ2v) is 6.75. The Morgan fingerprint density at radius 3 is 2.76 bits per heavy atom. The Morgan fingerprint density at radius 1 is 1.48 bits per heavy atom. The van der Waals surface area contributed by atoms with Crippen LogP contribution in [0.3, 0.4) is 0 Å². The number of nitrogens with zero attached hydrogens (tertiary/aromatic N) is 2. The number of likely N-dealkylation sites (tertiary alicyclic amines) is 1. The molecule has 2 heterocycles. The number of carbonyl (C=O) groups is 2. The van der Waals surface area contributed by atoms with Crippen LogP contribution >= 0.6 is 11.3 Å². The van der Waals surface area contributed by atoms with E-state index in [0.717, 1.165) is 23.5 Å². The number of aryl methyl sites for hydroxylation is 1. The molecule has 1 aliphatic heterocycles. The van der Waals surface area contributed by atoms with Gasteiger partial charge in [0.05, 0.1) is 6.04 Å². The van der Waals surface area contributed by atoms with Crippen LogP contribution in [0.15, 0.2) is 5.38 Å². The SMILES string of the molecule is Cc1csc([C@@H](NC(=O)N[C@@H]2CCN(C)C2=O)C2CC2)n1. The van der Waals surface area contributed by atoms with Gasteiger partial charge in [0.15, 0.2) is 0 Å². The molecule has 2 atom stereocenters. The van der Waals surface area contributed by atoms with Crippen molar-refractivity contribution in [2.75, 3.05) is 13.6 Å². The summed E-state index contributed by atoms with van der Waals surface area (Å²) in [4.78, 5) is 30.1. The van der Waals surface area contributed by atoms with E-state index >= 15 is 0 Å². The van der Waals surface area contributed by atoms with E-state index in [9.17, 15) is 9.59 Å². The first-order chi connectivity index (χ1) is 10.0. The summed E-state index contributed by atoms with van der Waals surface area (Å²) in [5, 5.41) is 8.74. The molecule has 0 aromatic carbocycles. The molecule has 0 spiro atoms. The number of hydrogen-bond acceptors (Lipinski definition) is 4. The van der Waals surface area contributed by atoms with Crippen molar-refractivity contribution in [3.63, 3.8) is 0 Å². The molecule has 0 bridgehead atoms. The van der Waals surface area contributed by atoms with E-state index in [2.05, 4.69) is 15.6 Å². The maximum atomic E-state index is 12.2. The van der Waals surface area contributed by atoms with Crippen molar-refractivity contribution in [2.45, 2.75) is 38.3 Å². The fourth-order valence-corrected chi connectivity index (χ4v) is 3.56. The molecule has 0 radical (unpaired) electrons. The van der Waals surface area contributed by atoms with Gasteiger partial charge in [-0.05, 0) is 32.1 Å². The molecule has 3 amide bonds. The zero-order chi connectivity index (χ0) is 15.0. The van der Waals surface area contributed by atoms with Crippen molar-refractivity contribution in [3.05, 3.63) is 16.1 Å². The van der Waals surface area contributed by atoms with Gasteiger partial charge in [0.1, 0.15) is 11.0 Å². The summed E-state index contributed by atoms with van der Waals surface area (Å²) in [5.41, 5.74) is 0.982. The van der Waals surface area contributed by atoms with Gasteiger partial charge in [-0.25, -0.2) is 9.78 Å². The number of urea groups is 1. The van der Waals surface area contributed by atoms with Crippen LogP contribution in [0.4, 0.5) is 4.79 Å². The van der Waals surface area contributed by atoms with Gasteiger partial charge >= 0.3 is 6.03 Å². The van der Waals surface area contributed by atoms with Gasteiger partial charge in [0.2, 0.25) is 5.91 Å². The number of nitrogens with one attached hydrogen (secondary N) is 2. The molecule has 0 unspecified atom stereocenters. The summed E-state index contributed by atoms with van der Waals surface area (Å²) < 4.78 is 0. The molecule has 1 saturated heterocycles. The molecule has 114 valence electrons. The first-order valence-electron chi connectivity index (χ1n) is 7.28. The highest BCUT2D eigenvalue weighted by Gasteiger charge is 2.36. The van der Waals surface area contributed by atoms with Crippen molar-refractivity contribution in [2.24, 2.45) is 5.92 Å². The highest BCUT2D eigenvalue weighted by atomic mass is 32.1. The van der Waals surface area contributed by atoms with Crippen LogP contribution in [0, 0.1) is 12.8 Å². The van der Waals surface area contributed by atoms with Crippen molar-refractivity contribution in [1.82, 2.24) is 20.5 Å². The molecule has 2 aliphatic rings. The topological polar surface area (TPSA) is 74.3 Å². The van der Waals surface area contributed by atoms with Gasteiger partial charge in [-0.1, -0.05) is 0 Å². The minimum absolute atomic E-state index is 0.0155. The summed E-state index contributed by atoms with van der Waals surface area (Å²) in [6.45, 7) is 2.65. The van der Waals surface area contributed by atoms with Gasteiger partial charge in [-0.15, -0.1) is 11.3 Å². The lowest BCUT2D eigenvalue weighted by Gasteiger charge is -2.18. The zero-order valence-electron chi connectivity index (χ0n) is 12.3. The van der Waals surface area contributed by atoms with E-state index in [1.165, 1.54) is 0 Å².